The predicted octanol–water partition coefficient (Wildman–Crippen LogP) is 3.32. The molecular weight excluding hydrogens is 353 g/mol. The van der Waals surface area contributed by atoms with Gasteiger partial charge in [-0.05, 0) is 31.5 Å². The second-order valence-corrected chi connectivity index (χ2v) is 7.45. The van der Waals surface area contributed by atoms with Crippen molar-refractivity contribution in [3.8, 4) is 10.6 Å². The van der Waals surface area contributed by atoms with Crippen LogP contribution < -0.4 is 0 Å². The first-order chi connectivity index (χ1) is 12.6. The van der Waals surface area contributed by atoms with E-state index in [4.69, 9.17) is 5.11 Å². The number of aliphatic carboxylic acids is 1. The smallest absolute Gasteiger partial charge is 0.317 e. The molecule has 0 unspecified atom stereocenters. The molecule has 2 heterocycles. The van der Waals surface area contributed by atoms with Crippen molar-refractivity contribution in [1.82, 2.24) is 14.8 Å². The lowest BCUT2D eigenvalue weighted by Gasteiger charge is -2.37. The van der Waals surface area contributed by atoms with Crippen LogP contribution in [0, 0.1) is 5.82 Å². The van der Waals surface area contributed by atoms with Gasteiger partial charge in [-0.2, -0.15) is 0 Å². The molecule has 1 aliphatic heterocycles. The first-order valence-corrected chi connectivity index (χ1v) is 9.82. The molecule has 0 amide bonds. The Balaban J connectivity index is 1.55. The number of hydrogen-bond acceptors (Lipinski definition) is 5. The van der Waals surface area contributed by atoms with Gasteiger partial charge in [0.2, 0.25) is 0 Å². The number of nitrogens with zero attached hydrogens (tertiary/aromatic N) is 3. The Morgan fingerprint density at radius 1 is 1.38 bits per heavy atom. The van der Waals surface area contributed by atoms with E-state index in [2.05, 4.69) is 9.88 Å². The number of aromatic nitrogens is 1. The Kier molecular flexibility index (Phi) is 6.34. The van der Waals surface area contributed by atoms with Crippen molar-refractivity contribution in [2.24, 2.45) is 0 Å². The zero-order chi connectivity index (χ0) is 18.5. The Morgan fingerprint density at radius 3 is 2.77 bits per heavy atom. The molecule has 0 spiro atoms. The zero-order valence-corrected chi connectivity index (χ0v) is 15.7. The second kappa shape index (κ2) is 8.70. The van der Waals surface area contributed by atoms with Crippen LogP contribution in [0.2, 0.25) is 0 Å². The monoisotopic (exact) mass is 377 g/mol. The van der Waals surface area contributed by atoms with Crippen LogP contribution in [0.25, 0.3) is 10.6 Å². The molecule has 2 aromatic rings. The summed E-state index contributed by atoms with van der Waals surface area (Å²) in [5.41, 5.74) is 1.51. The summed E-state index contributed by atoms with van der Waals surface area (Å²) in [7, 11) is 0. The van der Waals surface area contributed by atoms with E-state index in [1.165, 1.54) is 17.4 Å². The third-order valence-corrected chi connectivity index (χ3v) is 5.78. The molecule has 1 saturated heterocycles. The fraction of sp³-hybridized carbons (Fsp3) is 0.474. The van der Waals surface area contributed by atoms with Crippen molar-refractivity contribution in [3.63, 3.8) is 0 Å². The number of piperidine rings is 1. The van der Waals surface area contributed by atoms with E-state index < -0.39 is 5.97 Å². The van der Waals surface area contributed by atoms with Gasteiger partial charge in [0.1, 0.15) is 10.8 Å². The van der Waals surface area contributed by atoms with Gasteiger partial charge >= 0.3 is 5.97 Å². The standard InChI is InChI=1S/C19H24FN3O2S/c1-2-23(12-18(24)25)15-7-9-22(10-8-15)11-14-13-26-19(21-14)16-5-3-4-6-17(16)20/h3-6,13,15H,2,7-12H2,1H3,(H,24,25). The van der Waals surface area contributed by atoms with E-state index >= 15 is 0 Å². The third-order valence-electron chi connectivity index (χ3n) is 4.86. The van der Waals surface area contributed by atoms with Crippen molar-refractivity contribution in [1.29, 1.82) is 0 Å². The fourth-order valence-electron chi connectivity index (χ4n) is 3.48. The maximum Gasteiger partial charge on any atom is 0.317 e. The Hall–Kier alpha value is -1.83. The predicted molar refractivity (Wildman–Crippen MR) is 101 cm³/mol. The number of carboxylic acid groups (broad SMARTS) is 1. The summed E-state index contributed by atoms with van der Waals surface area (Å²) in [5, 5.41) is 11.7. The minimum atomic E-state index is -0.766. The Morgan fingerprint density at radius 2 is 2.12 bits per heavy atom. The first kappa shape index (κ1) is 18.9. The van der Waals surface area contributed by atoms with Gasteiger partial charge in [-0.25, -0.2) is 9.37 Å². The molecule has 1 fully saturated rings. The van der Waals surface area contributed by atoms with Gasteiger partial charge < -0.3 is 5.11 Å². The maximum absolute atomic E-state index is 13.9. The van der Waals surface area contributed by atoms with Crippen LogP contribution in [0.15, 0.2) is 29.6 Å². The van der Waals surface area contributed by atoms with Crippen LogP contribution in [0.3, 0.4) is 0 Å². The van der Waals surface area contributed by atoms with Crippen LogP contribution in [0.1, 0.15) is 25.5 Å². The van der Waals surface area contributed by atoms with Crippen LogP contribution in [-0.4, -0.2) is 58.1 Å². The number of thiazole rings is 1. The van der Waals surface area contributed by atoms with Crippen LogP contribution in [0.5, 0.6) is 0 Å². The van der Waals surface area contributed by atoms with Crippen LogP contribution in [0.4, 0.5) is 4.39 Å². The highest BCUT2D eigenvalue weighted by molar-refractivity contribution is 7.13. The molecule has 140 valence electrons. The number of rotatable bonds is 7. The minimum absolute atomic E-state index is 0.110. The molecule has 26 heavy (non-hydrogen) atoms. The molecule has 0 aliphatic carbocycles. The van der Waals surface area contributed by atoms with Gasteiger partial charge in [0.05, 0.1) is 12.2 Å². The number of carboxylic acids is 1. The van der Waals surface area contributed by atoms with E-state index in [1.807, 2.05) is 23.3 Å². The summed E-state index contributed by atoms with van der Waals surface area (Å²) in [6.07, 6.45) is 1.93. The lowest BCUT2D eigenvalue weighted by molar-refractivity contribution is -0.139. The number of halogens is 1. The van der Waals surface area contributed by atoms with E-state index in [9.17, 15) is 9.18 Å². The summed E-state index contributed by atoms with van der Waals surface area (Å²) in [6, 6.07) is 7.04. The van der Waals surface area contributed by atoms with E-state index in [0.717, 1.165) is 44.7 Å². The molecule has 1 aliphatic rings. The summed E-state index contributed by atoms with van der Waals surface area (Å²) >= 11 is 1.47. The number of carbonyl (C=O) groups is 1. The van der Waals surface area contributed by atoms with Crippen LogP contribution >= 0.6 is 11.3 Å². The molecule has 0 atom stereocenters. The molecule has 5 nitrogen and oxygen atoms in total. The average molecular weight is 377 g/mol. The fourth-order valence-corrected chi connectivity index (χ4v) is 4.32. The SMILES string of the molecule is CCN(CC(=O)O)C1CCN(Cc2csc(-c3ccccc3F)n2)CC1. The van der Waals surface area contributed by atoms with Gasteiger partial charge in [-0.1, -0.05) is 19.1 Å². The second-order valence-electron chi connectivity index (χ2n) is 6.59. The quantitative estimate of drug-likeness (QED) is 0.802. The molecule has 3 rings (SSSR count). The van der Waals surface area contributed by atoms with Crippen molar-refractivity contribution >= 4 is 17.3 Å². The van der Waals surface area contributed by atoms with Gasteiger partial charge in [-0.15, -0.1) is 11.3 Å². The molecular formula is C19H24FN3O2S. The van der Waals surface area contributed by atoms with Crippen molar-refractivity contribution in [3.05, 3.63) is 41.2 Å². The topological polar surface area (TPSA) is 56.7 Å². The summed E-state index contributed by atoms with van der Waals surface area (Å²) in [4.78, 5) is 19.9. The highest BCUT2D eigenvalue weighted by Gasteiger charge is 2.25. The van der Waals surface area contributed by atoms with Gasteiger partial charge in [-0.3, -0.25) is 14.6 Å². The maximum atomic E-state index is 13.9. The molecule has 0 bridgehead atoms. The lowest BCUT2D eigenvalue weighted by Crippen LogP contribution is -2.46. The number of hydrogen-bond donors (Lipinski definition) is 1. The van der Waals surface area contributed by atoms with E-state index in [-0.39, 0.29) is 12.4 Å². The van der Waals surface area contributed by atoms with Gasteiger partial charge in [0.15, 0.2) is 0 Å². The minimum Gasteiger partial charge on any atom is -0.480 e. The Bertz CT molecular complexity index is 744. The normalized spacial score (nSPS) is 16.3. The molecule has 1 aromatic carbocycles. The molecule has 0 radical (unpaired) electrons. The van der Waals surface area contributed by atoms with Crippen LogP contribution in [-0.2, 0) is 11.3 Å². The molecule has 1 aromatic heterocycles. The zero-order valence-electron chi connectivity index (χ0n) is 14.9. The first-order valence-electron chi connectivity index (χ1n) is 8.94. The number of benzene rings is 1. The third kappa shape index (κ3) is 4.66. The highest BCUT2D eigenvalue weighted by atomic mass is 32.1. The summed E-state index contributed by atoms with van der Waals surface area (Å²) in [6.45, 7) is 5.48. The average Bonchev–Trinajstić information content (AvgIpc) is 3.09. The van der Waals surface area contributed by atoms with E-state index in [0.29, 0.717) is 16.6 Å². The van der Waals surface area contributed by atoms with Crippen molar-refractivity contribution < 1.29 is 14.3 Å². The lowest BCUT2D eigenvalue weighted by atomic mass is 10.0. The van der Waals surface area contributed by atoms with Crippen molar-refractivity contribution in [2.75, 3.05) is 26.2 Å². The molecule has 7 heteroatoms. The van der Waals surface area contributed by atoms with Crippen molar-refractivity contribution in [2.45, 2.75) is 32.4 Å². The molecule has 0 saturated carbocycles. The summed E-state index contributed by atoms with van der Waals surface area (Å²) < 4.78 is 13.9. The highest BCUT2D eigenvalue weighted by Crippen LogP contribution is 2.27. The van der Waals surface area contributed by atoms with E-state index in [1.54, 1.807) is 12.1 Å². The molecule has 1 N–H and O–H groups in total. The number of likely N-dealkylation sites (N-methyl/N-ethyl adjacent to an activating group) is 1. The number of likely N-dealkylation sites (tertiary alicyclic amines) is 1. The van der Waals surface area contributed by atoms with Gasteiger partial charge in [0, 0.05) is 36.6 Å². The summed E-state index contributed by atoms with van der Waals surface area (Å²) in [5.74, 6) is -1.01. The Labute approximate surface area is 157 Å². The largest absolute Gasteiger partial charge is 0.480 e. The van der Waals surface area contributed by atoms with Gasteiger partial charge in [0.25, 0.3) is 0 Å².